The summed E-state index contributed by atoms with van der Waals surface area (Å²) < 4.78 is 19.6. The lowest BCUT2D eigenvalue weighted by molar-refractivity contribution is 0.1000. The molecule has 2 amide bonds. The van der Waals surface area contributed by atoms with Crippen LogP contribution in [0.3, 0.4) is 0 Å². The number of halogens is 1. The summed E-state index contributed by atoms with van der Waals surface area (Å²) in [4.78, 5) is 24.3. The third-order valence-corrected chi connectivity index (χ3v) is 4.23. The Morgan fingerprint density at radius 1 is 1.29 bits per heavy atom. The fourth-order valence-electron chi connectivity index (χ4n) is 2.55. The average molecular weight is 346 g/mol. The summed E-state index contributed by atoms with van der Waals surface area (Å²) in [6.45, 7) is 0.342. The summed E-state index contributed by atoms with van der Waals surface area (Å²) in [5, 5.41) is 0. The Kier molecular flexibility index (Phi) is 4.44. The van der Waals surface area contributed by atoms with Crippen LogP contribution in [0.15, 0.2) is 42.5 Å². The van der Waals surface area contributed by atoms with E-state index in [-0.39, 0.29) is 6.10 Å². The minimum Gasteiger partial charge on any atom is -0.443 e. The van der Waals surface area contributed by atoms with Gasteiger partial charge in [0.2, 0.25) is 5.91 Å². The zero-order valence-corrected chi connectivity index (χ0v) is 13.5. The monoisotopic (exact) mass is 346 g/mol. The summed E-state index contributed by atoms with van der Waals surface area (Å²) in [6, 6.07) is 10.9. The minimum atomic E-state index is -0.538. The van der Waals surface area contributed by atoms with Gasteiger partial charge in [-0.15, -0.1) is 0 Å². The number of carbonyl (C=O) groups is 2. The highest BCUT2D eigenvalue weighted by molar-refractivity contribution is 7.80. The number of cyclic esters (lactones) is 1. The smallest absolute Gasteiger partial charge is 0.414 e. The number of rotatable bonds is 4. The molecule has 0 radical (unpaired) electrons. The van der Waals surface area contributed by atoms with Gasteiger partial charge in [0.1, 0.15) is 11.9 Å². The number of carbonyl (C=O) groups excluding carboxylic acids is 2. The molecular weight excluding hydrogens is 331 g/mol. The number of primary amides is 1. The molecule has 3 rings (SSSR count). The number of benzene rings is 2. The standard InChI is InChI=1S/C17H15FN2O3S/c18-15-7-12(20-8-13(9-24)23-17(20)22)5-6-14(15)10-1-3-11(4-2-10)16(19)21/h1-7,13,24H,8-9H2,(H2,19,21). The quantitative estimate of drug-likeness (QED) is 0.836. The Morgan fingerprint density at radius 2 is 2.00 bits per heavy atom. The Bertz CT molecular complexity index is 795. The maximum absolute atomic E-state index is 14.5. The summed E-state index contributed by atoms with van der Waals surface area (Å²) in [5.74, 6) is -0.597. The van der Waals surface area contributed by atoms with Crippen LogP contribution in [0.1, 0.15) is 10.4 Å². The molecule has 24 heavy (non-hydrogen) atoms. The van der Waals surface area contributed by atoms with E-state index in [0.29, 0.717) is 34.7 Å². The maximum Gasteiger partial charge on any atom is 0.414 e. The predicted octanol–water partition coefficient (Wildman–Crippen LogP) is 2.85. The molecule has 0 bridgehead atoms. The minimum absolute atomic E-state index is 0.301. The van der Waals surface area contributed by atoms with Crippen LogP contribution in [0, 0.1) is 5.82 Å². The normalized spacial score (nSPS) is 17.0. The predicted molar refractivity (Wildman–Crippen MR) is 91.8 cm³/mol. The molecule has 5 nitrogen and oxygen atoms in total. The van der Waals surface area contributed by atoms with Crippen LogP contribution in [0.4, 0.5) is 14.9 Å². The first-order valence-electron chi connectivity index (χ1n) is 7.28. The van der Waals surface area contributed by atoms with Crippen LogP contribution in [0.2, 0.25) is 0 Å². The SMILES string of the molecule is NC(=O)c1ccc(-c2ccc(N3CC(CS)OC3=O)cc2F)cc1. The average Bonchev–Trinajstić information content (AvgIpc) is 2.96. The molecule has 0 spiro atoms. The first-order chi connectivity index (χ1) is 11.5. The van der Waals surface area contributed by atoms with E-state index in [9.17, 15) is 14.0 Å². The molecule has 1 aliphatic heterocycles. The van der Waals surface area contributed by atoms with Gasteiger partial charge in [0.15, 0.2) is 0 Å². The van der Waals surface area contributed by atoms with Gasteiger partial charge in [-0.3, -0.25) is 9.69 Å². The largest absolute Gasteiger partial charge is 0.443 e. The van der Waals surface area contributed by atoms with Crippen molar-refractivity contribution in [1.29, 1.82) is 0 Å². The van der Waals surface area contributed by atoms with Crippen LogP contribution in [-0.4, -0.2) is 30.4 Å². The van der Waals surface area contributed by atoms with Crippen molar-refractivity contribution >= 4 is 30.3 Å². The van der Waals surface area contributed by atoms with Crippen molar-refractivity contribution in [3.05, 3.63) is 53.8 Å². The maximum atomic E-state index is 14.5. The summed E-state index contributed by atoms with van der Waals surface area (Å²) in [5.41, 5.74) is 6.96. The van der Waals surface area contributed by atoms with Crippen LogP contribution in [0.25, 0.3) is 11.1 Å². The lowest BCUT2D eigenvalue weighted by Crippen LogP contribution is -2.24. The van der Waals surface area contributed by atoms with Gasteiger partial charge in [-0.1, -0.05) is 12.1 Å². The van der Waals surface area contributed by atoms with Crippen molar-refractivity contribution in [3.8, 4) is 11.1 Å². The summed E-state index contributed by atoms with van der Waals surface area (Å²) in [7, 11) is 0. The van der Waals surface area contributed by atoms with Gasteiger partial charge in [0.25, 0.3) is 0 Å². The van der Waals surface area contributed by atoms with Gasteiger partial charge in [-0.25, -0.2) is 9.18 Å². The van der Waals surface area contributed by atoms with Crippen molar-refractivity contribution in [2.75, 3.05) is 17.2 Å². The molecule has 1 saturated heterocycles. The second-order valence-electron chi connectivity index (χ2n) is 5.40. The number of anilines is 1. The second kappa shape index (κ2) is 6.52. The number of amides is 2. The fraction of sp³-hybridized carbons (Fsp3) is 0.176. The van der Waals surface area contributed by atoms with Crippen molar-refractivity contribution < 1.29 is 18.7 Å². The van der Waals surface area contributed by atoms with E-state index < -0.39 is 17.8 Å². The molecule has 0 aliphatic carbocycles. The third kappa shape index (κ3) is 3.07. The van der Waals surface area contributed by atoms with Gasteiger partial charge in [0.05, 0.1) is 12.2 Å². The lowest BCUT2D eigenvalue weighted by atomic mass is 10.0. The fourth-order valence-corrected chi connectivity index (χ4v) is 2.74. The first kappa shape index (κ1) is 16.3. The van der Waals surface area contributed by atoms with E-state index in [1.807, 2.05) is 0 Å². The highest BCUT2D eigenvalue weighted by atomic mass is 32.1. The number of nitrogens with zero attached hydrogens (tertiary/aromatic N) is 1. The van der Waals surface area contributed by atoms with Crippen molar-refractivity contribution in [2.24, 2.45) is 5.73 Å². The van der Waals surface area contributed by atoms with Gasteiger partial charge in [-0.2, -0.15) is 12.6 Å². The highest BCUT2D eigenvalue weighted by Crippen LogP contribution is 2.29. The molecule has 1 unspecified atom stereocenters. The molecule has 2 aromatic rings. The van der Waals surface area contributed by atoms with Gasteiger partial charge in [-0.05, 0) is 35.9 Å². The van der Waals surface area contributed by atoms with Crippen LogP contribution in [-0.2, 0) is 4.74 Å². The zero-order valence-electron chi connectivity index (χ0n) is 12.6. The Balaban J connectivity index is 1.87. The number of hydrogen-bond donors (Lipinski definition) is 2. The molecule has 1 heterocycles. The molecule has 124 valence electrons. The molecule has 0 saturated carbocycles. The van der Waals surface area contributed by atoms with E-state index in [4.69, 9.17) is 10.5 Å². The highest BCUT2D eigenvalue weighted by Gasteiger charge is 2.31. The summed E-state index contributed by atoms with van der Waals surface area (Å²) in [6.07, 6.45) is -0.808. The van der Waals surface area contributed by atoms with E-state index >= 15 is 0 Å². The Hall–Kier alpha value is -2.54. The Labute approximate surface area is 143 Å². The van der Waals surface area contributed by atoms with Gasteiger partial charge in [0, 0.05) is 16.9 Å². The molecule has 2 N–H and O–H groups in total. The molecule has 7 heteroatoms. The number of nitrogens with two attached hydrogens (primary N) is 1. The zero-order chi connectivity index (χ0) is 17.3. The molecule has 0 aromatic heterocycles. The van der Waals surface area contributed by atoms with Crippen molar-refractivity contribution in [3.63, 3.8) is 0 Å². The molecule has 1 aliphatic rings. The number of thiol groups is 1. The molecule has 2 aromatic carbocycles. The topological polar surface area (TPSA) is 72.6 Å². The van der Waals surface area contributed by atoms with Crippen LogP contribution >= 0.6 is 12.6 Å². The summed E-state index contributed by atoms with van der Waals surface area (Å²) >= 11 is 4.11. The molecule has 1 atom stereocenters. The van der Waals surface area contributed by atoms with E-state index in [1.54, 1.807) is 36.4 Å². The Morgan fingerprint density at radius 3 is 2.54 bits per heavy atom. The van der Waals surface area contributed by atoms with E-state index in [2.05, 4.69) is 12.6 Å². The van der Waals surface area contributed by atoms with Gasteiger partial charge < -0.3 is 10.5 Å². The first-order valence-corrected chi connectivity index (χ1v) is 7.91. The van der Waals surface area contributed by atoms with E-state index in [1.165, 1.54) is 11.0 Å². The van der Waals surface area contributed by atoms with Crippen LogP contribution < -0.4 is 10.6 Å². The van der Waals surface area contributed by atoms with Crippen molar-refractivity contribution in [2.45, 2.75) is 6.10 Å². The van der Waals surface area contributed by atoms with E-state index in [0.717, 1.165) is 0 Å². The number of ether oxygens (including phenoxy) is 1. The molecular formula is C17H15FN2O3S. The van der Waals surface area contributed by atoms with Crippen LogP contribution in [0.5, 0.6) is 0 Å². The van der Waals surface area contributed by atoms with Gasteiger partial charge >= 0.3 is 6.09 Å². The third-order valence-electron chi connectivity index (χ3n) is 3.82. The second-order valence-corrected chi connectivity index (χ2v) is 5.77. The van der Waals surface area contributed by atoms with Crippen molar-refractivity contribution in [1.82, 2.24) is 0 Å². The number of hydrogen-bond acceptors (Lipinski definition) is 4. The molecule has 1 fully saturated rings. The lowest BCUT2D eigenvalue weighted by Gasteiger charge is -2.14.